The number of nitrogens with one attached hydrogen (secondary N) is 1. The highest BCUT2D eigenvalue weighted by molar-refractivity contribution is 9.09. The molecule has 0 aliphatic rings. The van der Waals surface area contributed by atoms with Crippen molar-refractivity contribution in [3.05, 3.63) is 33.8 Å². The summed E-state index contributed by atoms with van der Waals surface area (Å²) >= 11 is 15.0. The molecule has 17 heavy (non-hydrogen) atoms. The lowest BCUT2D eigenvalue weighted by Crippen LogP contribution is -2.28. The average molecular weight is 341 g/mol. The van der Waals surface area contributed by atoms with Crippen LogP contribution in [-0.4, -0.2) is 31.0 Å². The molecule has 1 rings (SSSR count). The summed E-state index contributed by atoms with van der Waals surface area (Å²) in [6, 6.07) is 4.95. The van der Waals surface area contributed by atoms with Crippen molar-refractivity contribution in [2.24, 2.45) is 0 Å². The molecule has 0 aromatic heterocycles. The summed E-state index contributed by atoms with van der Waals surface area (Å²) < 4.78 is 5.20. The zero-order valence-electron chi connectivity index (χ0n) is 9.01. The first-order valence-corrected chi connectivity index (χ1v) is 6.90. The molecular weight excluding hydrogens is 329 g/mol. The van der Waals surface area contributed by atoms with Crippen molar-refractivity contribution in [1.82, 2.24) is 5.32 Å². The Hall–Kier alpha value is -0.290. The van der Waals surface area contributed by atoms with Gasteiger partial charge >= 0.3 is 0 Å². The molecular formula is C11H12BrCl2NO2. The quantitative estimate of drug-likeness (QED) is 0.638. The van der Waals surface area contributed by atoms with Gasteiger partial charge in [-0.1, -0.05) is 45.2 Å². The van der Waals surface area contributed by atoms with E-state index in [2.05, 4.69) is 21.2 Å². The molecule has 94 valence electrons. The van der Waals surface area contributed by atoms with Crippen LogP contribution in [0.15, 0.2) is 18.2 Å². The Morgan fingerprint density at radius 2 is 1.94 bits per heavy atom. The van der Waals surface area contributed by atoms with Gasteiger partial charge in [0.25, 0.3) is 5.91 Å². The molecule has 0 radical (unpaired) electrons. The van der Waals surface area contributed by atoms with Crippen LogP contribution in [0, 0.1) is 0 Å². The van der Waals surface area contributed by atoms with Crippen LogP contribution in [0.1, 0.15) is 10.4 Å². The molecule has 1 aromatic carbocycles. The van der Waals surface area contributed by atoms with Gasteiger partial charge in [-0.2, -0.15) is 0 Å². The van der Waals surface area contributed by atoms with Gasteiger partial charge in [0, 0.05) is 11.9 Å². The van der Waals surface area contributed by atoms with Crippen molar-refractivity contribution in [2.45, 2.75) is 0 Å². The van der Waals surface area contributed by atoms with E-state index in [9.17, 15) is 4.79 Å². The van der Waals surface area contributed by atoms with Crippen molar-refractivity contribution in [2.75, 3.05) is 25.1 Å². The Kier molecular flexibility index (Phi) is 6.89. The highest BCUT2D eigenvalue weighted by Gasteiger charge is 2.13. The SMILES string of the molecule is O=C(NCCOCCBr)c1c(Cl)cccc1Cl. The molecule has 0 atom stereocenters. The number of hydrogen-bond acceptors (Lipinski definition) is 2. The fourth-order valence-electron chi connectivity index (χ4n) is 1.20. The van der Waals surface area contributed by atoms with Crippen molar-refractivity contribution in [3.8, 4) is 0 Å². The second-order valence-electron chi connectivity index (χ2n) is 3.15. The van der Waals surface area contributed by atoms with Gasteiger partial charge in [0.15, 0.2) is 0 Å². The molecule has 0 saturated carbocycles. The van der Waals surface area contributed by atoms with E-state index in [4.69, 9.17) is 27.9 Å². The second kappa shape index (κ2) is 7.93. The van der Waals surface area contributed by atoms with Crippen molar-refractivity contribution >= 4 is 45.0 Å². The lowest BCUT2D eigenvalue weighted by Gasteiger charge is -2.08. The maximum Gasteiger partial charge on any atom is 0.254 e. The van der Waals surface area contributed by atoms with E-state index in [-0.39, 0.29) is 5.91 Å². The molecule has 0 saturated heterocycles. The van der Waals surface area contributed by atoms with Gasteiger partial charge < -0.3 is 10.1 Å². The Bertz CT molecular complexity index is 367. The van der Waals surface area contributed by atoms with E-state index in [1.165, 1.54) is 0 Å². The summed E-state index contributed by atoms with van der Waals surface area (Å²) in [5, 5.41) is 4.15. The fourth-order valence-corrected chi connectivity index (χ4v) is 1.99. The second-order valence-corrected chi connectivity index (χ2v) is 4.76. The van der Waals surface area contributed by atoms with Gasteiger partial charge in [0.1, 0.15) is 0 Å². The van der Waals surface area contributed by atoms with Crippen LogP contribution in [-0.2, 0) is 4.74 Å². The van der Waals surface area contributed by atoms with Crippen LogP contribution < -0.4 is 5.32 Å². The van der Waals surface area contributed by atoms with Gasteiger partial charge in [-0.15, -0.1) is 0 Å². The highest BCUT2D eigenvalue weighted by atomic mass is 79.9. The molecule has 0 aliphatic heterocycles. The van der Waals surface area contributed by atoms with Crippen LogP contribution in [0.5, 0.6) is 0 Å². The molecule has 0 heterocycles. The van der Waals surface area contributed by atoms with E-state index in [0.717, 1.165) is 5.33 Å². The monoisotopic (exact) mass is 339 g/mol. The van der Waals surface area contributed by atoms with Crippen LogP contribution in [0.4, 0.5) is 0 Å². The van der Waals surface area contributed by atoms with Crippen LogP contribution >= 0.6 is 39.1 Å². The number of carbonyl (C=O) groups is 1. The summed E-state index contributed by atoms with van der Waals surface area (Å²) in [5.74, 6) is -0.289. The third-order valence-electron chi connectivity index (χ3n) is 1.94. The van der Waals surface area contributed by atoms with E-state index >= 15 is 0 Å². The maximum absolute atomic E-state index is 11.8. The number of halogens is 3. The molecule has 0 bridgehead atoms. The molecule has 0 aliphatic carbocycles. The first-order valence-electron chi connectivity index (χ1n) is 5.02. The predicted octanol–water partition coefficient (Wildman–Crippen LogP) is 3.13. The number of carbonyl (C=O) groups excluding carboxylic acids is 1. The average Bonchev–Trinajstić information content (AvgIpc) is 2.28. The molecule has 0 spiro atoms. The van der Waals surface area contributed by atoms with Crippen LogP contribution in [0.25, 0.3) is 0 Å². The van der Waals surface area contributed by atoms with Crippen LogP contribution in [0.3, 0.4) is 0 Å². The van der Waals surface area contributed by atoms with Crippen molar-refractivity contribution in [1.29, 1.82) is 0 Å². The van der Waals surface area contributed by atoms with E-state index in [1.54, 1.807) is 18.2 Å². The molecule has 6 heteroatoms. The van der Waals surface area contributed by atoms with E-state index in [1.807, 2.05) is 0 Å². The predicted molar refractivity (Wildman–Crippen MR) is 73.4 cm³/mol. The molecule has 1 N–H and O–H groups in total. The number of hydrogen-bond donors (Lipinski definition) is 1. The van der Waals surface area contributed by atoms with Gasteiger partial charge in [-0.3, -0.25) is 4.79 Å². The number of ether oxygens (including phenoxy) is 1. The Balaban J connectivity index is 2.47. The minimum atomic E-state index is -0.289. The molecule has 0 fully saturated rings. The fraction of sp³-hybridized carbons (Fsp3) is 0.364. The van der Waals surface area contributed by atoms with Gasteiger partial charge in [0.05, 0.1) is 28.8 Å². The third kappa shape index (κ3) is 4.84. The van der Waals surface area contributed by atoms with Crippen LogP contribution in [0.2, 0.25) is 10.0 Å². The number of benzene rings is 1. The molecule has 3 nitrogen and oxygen atoms in total. The minimum Gasteiger partial charge on any atom is -0.379 e. The molecule has 0 unspecified atom stereocenters. The van der Waals surface area contributed by atoms with E-state index < -0.39 is 0 Å². The largest absolute Gasteiger partial charge is 0.379 e. The normalized spacial score (nSPS) is 10.3. The lowest BCUT2D eigenvalue weighted by molar-refractivity contribution is 0.0924. The number of alkyl halides is 1. The van der Waals surface area contributed by atoms with Crippen molar-refractivity contribution in [3.63, 3.8) is 0 Å². The van der Waals surface area contributed by atoms with E-state index in [0.29, 0.717) is 35.4 Å². The lowest BCUT2D eigenvalue weighted by atomic mass is 10.2. The number of amides is 1. The maximum atomic E-state index is 11.8. The minimum absolute atomic E-state index is 0.289. The van der Waals surface area contributed by atoms with Gasteiger partial charge in [-0.05, 0) is 12.1 Å². The summed E-state index contributed by atoms with van der Waals surface area (Å²) in [6.45, 7) is 1.50. The standard InChI is InChI=1S/C11H12BrCl2NO2/c12-4-6-17-7-5-15-11(16)10-8(13)2-1-3-9(10)14/h1-3H,4-7H2,(H,15,16). The number of rotatable bonds is 6. The summed E-state index contributed by atoms with van der Waals surface area (Å²) in [5.41, 5.74) is 0.302. The zero-order chi connectivity index (χ0) is 12.7. The topological polar surface area (TPSA) is 38.3 Å². The molecule has 1 amide bonds. The van der Waals surface area contributed by atoms with Crippen molar-refractivity contribution < 1.29 is 9.53 Å². The Labute approximate surface area is 119 Å². The summed E-state index contributed by atoms with van der Waals surface area (Å²) in [7, 11) is 0. The molecule has 1 aromatic rings. The van der Waals surface area contributed by atoms with Gasteiger partial charge in [-0.25, -0.2) is 0 Å². The first kappa shape index (κ1) is 14.8. The zero-order valence-corrected chi connectivity index (χ0v) is 12.1. The first-order chi connectivity index (χ1) is 8.16. The third-order valence-corrected chi connectivity index (χ3v) is 2.90. The summed E-state index contributed by atoms with van der Waals surface area (Å²) in [6.07, 6.45) is 0. The van der Waals surface area contributed by atoms with Gasteiger partial charge in [0.2, 0.25) is 0 Å². The smallest absolute Gasteiger partial charge is 0.254 e. The summed E-state index contributed by atoms with van der Waals surface area (Å²) in [4.78, 5) is 11.8. The Morgan fingerprint density at radius 1 is 1.29 bits per heavy atom. The Morgan fingerprint density at radius 3 is 2.53 bits per heavy atom. The highest BCUT2D eigenvalue weighted by Crippen LogP contribution is 2.23.